The van der Waals surface area contributed by atoms with E-state index in [1.165, 1.54) is 0 Å². The van der Waals surface area contributed by atoms with Crippen LogP contribution in [0.25, 0.3) is 108 Å². The van der Waals surface area contributed by atoms with Gasteiger partial charge in [-0.15, -0.1) is 22.7 Å². The van der Waals surface area contributed by atoms with Crippen LogP contribution in [0.5, 0.6) is 0 Å². The summed E-state index contributed by atoms with van der Waals surface area (Å²) in [7, 11) is 0. The Hall–Kier alpha value is -13.9. The molecule has 19 rings (SSSR count). The van der Waals surface area contributed by atoms with E-state index >= 15 is 0 Å². The van der Waals surface area contributed by atoms with Crippen LogP contribution in [0.2, 0.25) is 0 Å². The smallest absolute Gasteiger partial charge is 0.0996 e. The number of hydrogen-bond acceptors (Lipinski definition) is 10. The molecule has 5 aromatic heterocycles. The van der Waals surface area contributed by atoms with Crippen molar-refractivity contribution in [2.45, 2.75) is 13.8 Å². The standard InChI is InChI=1S/C100H70N8S2/c1-67-61-91(71-47-55-85(56-48-71)107(79-35-19-7-20-36-79)80-37-21-8-22-38-80)109-99(67)87-59-60-88(100-68(2)62-92(110-100)72-49-57-86(58-50-72)108(81-39-23-9-24-40-81)82-41-25-10-26-42-82)96-95(87)103-97-89-63-73(69-43-51-83(52-44-69)105(75-27-11-3-12-28-75)76-29-13-4-14-30-76)65-101-93(89)94-90(98(97)104-96)64-74(66-102-94)70-45-53-84(54-46-70)106(77-31-15-5-16-32-77)78-33-17-6-18-34-78/h3-66H,1-2H3. The number of aromatic nitrogens is 4. The van der Waals surface area contributed by atoms with Gasteiger partial charge in [-0.1, -0.05) is 206 Å². The monoisotopic (exact) mass is 1450 g/mol. The minimum absolute atomic E-state index is 0.745. The highest BCUT2D eigenvalue weighted by molar-refractivity contribution is 7.19. The molecule has 0 N–H and O–H groups in total. The molecule has 10 heteroatoms. The van der Waals surface area contributed by atoms with Crippen LogP contribution in [-0.2, 0) is 0 Å². The number of anilines is 12. The lowest BCUT2D eigenvalue weighted by atomic mass is 9.98. The lowest BCUT2D eigenvalue weighted by Crippen LogP contribution is -2.09. The van der Waals surface area contributed by atoms with Crippen LogP contribution in [-0.4, -0.2) is 19.9 Å². The lowest BCUT2D eigenvalue weighted by molar-refractivity contribution is 1.28. The topological polar surface area (TPSA) is 64.5 Å². The Bertz CT molecular complexity index is 5940. The summed E-state index contributed by atoms with van der Waals surface area (Å²) in [6, 6.07) is 134. The molecular formula is C100H70N8S2. The van der Waals surface area contributed by atoms with Gasteiger partial charge < -0.3 is 19.6 Å². The van der Waals surface area contributed by atoms with Gasteiger partial charge in [-0.25, -0.2) is 9.97 Å². The number of pyridine rings is 2. The average Bonchev–Trinajstić information content (AvgIpc) is 1.19. The Labute approximate surface area is 647 Å². The van der Waals surface area contributed by atoms with E-state index in [0.717, 1.165) is 187 Å². The number of benzene rings is 14. The van der Waals surface area contributed by atoms with Crippen LogP contribution < -0.4 is 19.6 Å². The van der Waals surface area contributed by atoms with E-state index < -0.39 is 0 Å². The number of hydrogen-bond donors (Lipinski definition) is 0. The number of rotatable bonds is 18. The fourth-order valence-electron chi connectivity index (χ4n) is 15.2. The van der Waals surface area contributed by atoms with Gasteiger partial charge in [0.05, 0.1) is 33.1 Å². The molecule has 0 saturated heterocycles. The van der Waals surface area contributed by atoms with Gasteiger partial charge in [0.25, 0.3) is 0 Å². The third-order valence-electron chi connectivity index (χ3n) is 20.5. The summed E-state index contributed by atoms with van der Waals surface area (Å²) in [5, 5.41) is 1.72. The number of para-hydroxylation sites is 8. The SMILES string of the molecule is Cc1cc(-c2ccc(N(c3ccccc3)c3ccccc3)cc2)sc1-c1ccc(-c2sc(-c3ccc(N(c4ccccc4)c4ccccc4)cc3)cc2C)c2nc3c4cc(-c5ccc(N(c6ccccc6)c6ccccc6)cc5)cnc4c4ncc(-c5ccc(N(c6ccccc6)c6ccccc6)cc5)cc4c3nc12. The first kappa shape index (κ1) is 66.8. The van der Waals surface area contributed by atoms with Crippen molar-refractivity contribution in [3.63, 3.8) is 0 Å². The quantitative estimate of drug-likeness (QED) is 0.0622. The molecule has 0 spiro atoms. The van der Waals surface area contributed by atoms with Crippen LogP contribution in [0, 0.1) is 13.8 Å². The molecule has 8 nitrogen and oxygen atoms in total. The first-order chi connectivity index (χ1) is 54.4. The van der Waals surface area contributed by atoms with E-state index in [4.69, 9.17) is 19.9 Å². The van der Waals surface area contributed by atoms with Gasteiger partial charge in [-0.3, -0.25) is 9.97 Å². The molecule has 0 saturated carbocycles. The summed E-state index contributed by atoms with van der Waals surface area (Å²) in [6.45, 7) is 4.46. The Balaban J connectivity index is 0.793. The molecular weight excluding hydrogens is 1380 g/mol. The number of nitrogens with zero attached hydrogens (tertiary/aromatic N) is 8. The largest absolute Gasteiger partial charge is 0.311 e. The molecule has 522 valence electrons. The fourth-order valence-corrected chi connectivity index (χ4v) is 17.6. The van der Waals surface area contributed by atoms with Crippen LogP contribution in [0.15, 0.2) is 389 Å². The van der Waals surface area contributed by atoms with E-state index in [0.29, 0.717) is 0 Å². The summed E-state index contributed by atoms with van der Waals surface area (Å²) in [5.41, 5.74) is 28.0. The zero-order valence-corrected chi connectivity index (χ0v) is 62.0. The van der Waals surface area contributed by atoms with Gasteiger partial charge in [-0.05, 0) is 217 Å². The predicted molar refractivity (Wildman–Crippen MR) is 464 cm³/mol. The van der Waals surface area contributed by atoms with E-state index in [1.807, 2.05) is 12.4 Å². The normalized spacial score (nSPS) is 11.4. The van der Waals surface area contributed by atoms with Gasteiger partial charge in [0.2, 0.25) is 0 Å². The summed E-state index contributed by atoms with van der Waals surface area (Å²) in [5.74, 6) is 0. The number of aryl methyl sites for hydroxylation is 2. The molecule has 14 aromatic carbocycles. The first-order valence-corrected chi connectivity index (χ1v) is 38.6. The summed E-state index contributed by atoms with van der Waals surface area (Å²) in [6.07, 6.45) is 3.98. The van der Waals surface area contributed by atoms with Crippen molar-refractivity contribution < 1.29 is 0 Å². The lowest BCUT2D eigenvalue weighted by Gasteiger charge is -2.25. The molecule has 0 atom stereocenters. The van der Waals surface area contributed by atoms with Crippen LogP contribution in [0.3, 0.4) is 0 Å². The Morgan fingerprint density at radius 2 is 0.436 bits per heavy atom. The average molecular weight is 1450 g/mol. The summed E-state index contributed by atoms with van der Waals surface area (Å²) >= 11 is 3.59. The van der Waals surface area contributed by atoms with Gasteiger partial charge in [0.15, 0.2) is 0 Å². The zero-order chi connectivity index (χ0) is 73.4. The maximum Gasteiger partial charge on any atom is 0.0996 e. The Kier molecular flexibility index (Phi) is 17.7. The highest BCUT2D eigenvalue weighted by Crippen LogP contribution is 2.49. The summed E-state index contributed by atoms with van der Waals surface area (Å²) < 4.78 is 0. The van der Waals surface area contributed by atoms with Gasteiger partial charge in [0.1, 0.15) is 0 Å². The maximum atomic E-state index is 6.09. The molecule has 19 aromatic rings. The molecule has 0 unspecified atom stereocenters. The zero-order valence-electron chi connectivity index (χ0n) is 60.3. The van der Waals surface area contributed by atoms with Crippen molar-refractivity contribution in [1.29, 1.82) is 0 Å². The molecule has 110 heavy (non-hydrogen) atoms. The van der Waals surface area contributed by atoms with Crippen molar-refractivity contribution in [1.82, 2.24) is 19.9 Å². The van der Waals surface area contributed by atoms with E-state index in [1.54, 1.807) is 22.7 Å². The fraction of sp³-hybridized carbons (Fsp3) is 0.0200. The molecule has 0 bridgehead atoms. The maximum absolute atomic E-state index is 6.09. The second-order valence-electron chi connectivity index (χ2n) is 27.5. The van der Waals surface area contributed by atoms with Gasteiger partial charge >= 0.3 is 0 Å². The summed E-state index contributed by atoms with van der Waals surface area (Å²) in [4.78, 5) is 36.8. The van der Waals surface area contributed by atoms with Crippen molar-refractivity contribution in [3.8, 4) is 64.0 Å². The van der Waals surface area contributed by atoms with Crippen molar-refractivity contribution in [2.75, 3.05) is 19.6 Å². The molecule has 0 aliphatic carbocycles. The van der Waals surface area contributed by atoms with Crippen LogP contribution in [0.1, 0.15) is 11.1 Å². The molecule has 0 aliphatic heterocycles. The molecule has 0 radical (unpaired) electrons. The highest BCUT2D eigenvalue weighted by Gasteiger charge is 2.26. The second-order valence-corrected chi connectivity index (χ2v) is 29.6. The number of thiophene rings is 2. The van der Waals surface area contributed by atoms with Crippen LogP contribution >= 0.6 is 22.7 Å². The van der Waals surface area contributed by atoms with Crippen molar-refractivity contribution in [2.24, 2.45) is 0 Å². The Morgan fingerprint density at radius 3 is 0.682 bits per heavy atom. The minimum atomic E-state index is 0.745. The molecule has 5 heterocycles. The van der Waals surface area contributed by atoms with Gasteiger partial charge in [-0.2, -0.15) is 0 Å². The predicted octanol–water partition coefficient (Wildman–Crippen LogP) is 28.5. The van der Waals surface area contributed by atoms with Gasteiger partial charge in [0, 0.05) is 133 Å². The third-order valence-corrected chi connectivity index (χ3v) is 23.1. The molecule has 0 amide bonds. The van der Waals surface area contributed by atoms with E-state index in [2.05, 4.69) is 410 Å². The minimum Gasteiger partial charge on any atom is -0.311 e. The molecule has 0 fully saturated rings. The first-order valence-electron chi connectivity index (χ1n) is 37.0. The van der Waals surface area contributed by atoms with Crippen LogP contribution in [0.4, 0.5) is 68.2 Å². The van der Waals surface area contributed by atoms with Crippen molar-refractivity contribution >= 4 is 135 Å². The Morgan fingerprint density at radius 1 is 0.209 bits per heavy atom. The third kappa shape index (κ3) is 12.7. The second kappa shape index (κ2) is 29.1. The van der Waals surface area contributed by atoms with Crippen molar-refractivity contribution in [3.05, 3.63) is 400 Å². The van der Waals surface area contributed by atoms with E-state index in [-0.39, 0.29) is 0 Å². The van der Waals surface area contributed by atoms with E-state index in [9.17, 15) is 0 Å². The number of fused-ring (bicyclic) bond motifs is 7. The highest BCUT2D eigenvalue weighted by atomic mass is 32.1. The molecule has 0 aliphatic rings.